The Bertz CT molecular complexity index is 1140. The third kappa shape index (κ3) is 5.68. The van der Waals surface area contributed by atoms with Gasteiger partial charge in [0, 0.05) is 43.4 Å². The number of para-hydroxylation sites is 1. The Morgan fingerprint density at radius 3 is 2.74 bits per heavy atom. The molecule has 0 spiro atoms. The molecule has 7 heteroatoms. The number of nitrogens with zero attached hydrogens (tertiary/aromatic N) is 3. The molecule has 180 valence electrons. The molecule has 5 rings (SSSR count). The number of aliphatic imine (C=N–C) groups is 1. The van der Waals surface area contributed by atoms with E-state index < -0.39 is 0 Å². The summed E-state index contributed by atoms with van der Waals surface area (Å²) in [5.74, 6) is 1.43. The summed E-state index contributed by atoms with van der Waals surface area (Å²) in [5.41, 5.74) is 4.59. The van der Waals surface area contributed by atoms with E-state index in [0.29, 0.717) is 12.0 Å². The standard InChI is InChI=1S/C27H31FN4S.ClH/c1-18(2)15-25-31-26-24(33-25)16-20-5-3-4-6-23(20)30-27(26)32-14-13-29-22(17-32)12-9-19-7-10-21(28)11-8-19;/h3-8,10-11,18,22,29H,9,12-17H2,1-2H3;1H/t22-;/m0./s1. The van der Waals surface area contributed by atoms with E-state index in [-0.39, 0.29) is 18.2 Å². The van der Waals surface area contributed by atoms with Gasteiger partial charge in [-0.05, 0) is 48.1 Å². The van der Waals surface area contributed by atoms with Gasteiger partial charge in [-0.1, -0.05) is 44.2 Å². The molecule has 1 atom stereocenters. The van der Waals surface area contributed by atoms with Crippen LogP contribution in [-0.2, 0) is 19.3 Å². The molecule has 2 aliphatic rings. The van der Waals surface area contributed by atoms with E-state index in [4.69, 9.17) is 9.98 Å². The minimum absolute atomic E-state index is 0. The summed E-state index contributed by atoms with van der Waals surface area (Å²) in [7, 11) is 0. The molecular weight excluding hydrogens is 467 g/mol. The lowest BCUT2D eigenvalue weighted by Gasteiger charge is -2.35. The van der Waals surface area contributed by atoms with Crippen molar-refractivity contribution in [1.29, 1.82) is 0 Å². The molecule has 2 aromatic carbocycles. The molecule has 0 unspecified atom stereocenters. The fourth-order valence-corrected chi connectivity index (χ4v) is 5.96. The molecule has 2 aliphatic heterocycles. The number of nitrogens with one attached hydrogen (secondary N) is 1. The van der Waals surface area contributed by atoms with Crippen LogP contribution in [0.5, 0.6) is 0 Å². The van der Waals surface area contributed by atoms with Gasteiger partial charge in [0.15, 0.2) is 5.84 Å². The summed E-state index contributed by atoms with van der Waals surface area (Å²) in [5, 5.41) is 4.88. The zero-order valence-electron chi connectivity index (χ0n) is 19.8. The van der Waals surface area contributed by atoms with E-state index in [1.54, 1.807) is 12.1 Å². The first kappa shape index (κ1) is 24.8. The van der Waals surface area contributed by atoms with Crippen molar-refractivity contribution in [2.24, 2.45) is 10.9 Å². The monoisotopic (exact) mass is 498 g/mol. The zero-order valence-corrected chi connectivity index (χ0v) is 21.4. The van der Waals surface area contributed by atoms with Gasteiger partial charge in [0.05, 0.1) is 10.7 Å². The van der Waals surface area contributed by atoms with Crippen LogP contribution in [-0.4, -0.2) is 41.4 Å². The Labute approximate surface area is 211 Å². The predicted octanol–water partition coefficient (Wildman–Crippen LogP) is 5.79. The van der Waals surface area contributed by atoms with Crippen LogP contribution in [0.2, 0.25) is 0 Å². The highest BCUT2D eigenvalue weighted by atomic mass is 35.5. The maximum absolute atomic E-state index is 13.2. The molecule has 0 saturated carbocycles. The van der Waals surface area contributed by atoms with Crippen molar-refractivity contribution in [1.82, 2.24) is 15.2 Å². The van der Waals surface area contributed by atoms with E-state index in [9.17, 15) is 4.39 Å². The second kappa shape index (κ2) is 11.0. The Kier molecular flexibility index (Phi) is 8.02. The number of thiazole rings is 1. The van der Waals surface area contributed by atoms with Crippen LogP contribution in [0.1, 0.15) is 47.0 Å². The summed E-state index contributed by atoms with van der Waals surface area (Å²) >= 11 is 1.85. The van der Waals surface area contributed by atoms with Gasteiger partial charge in [-0.25, -0.2) is 14.4 Å². The van der Waals surface area contributed by atoms with E-state index in [0.717, 1.165) is 62.5 Å². The van der Waals surface area contributed by atoms with Gasteiger partial charge in [-0.3, -0.25) is 0 Å². The molecule has 1 saturated heterocycles. The normalized spacial score (nSPS) is 17.5. The van der Waals surface area contributed by atoms with E-state index >= 15 is 0 Å². The SMILES string of the molecule is CC(C)Cc1nc2c(s1)Cc1ccccc1N=C2N1CCN[C@@H](CCc2ccc(F)cc2)C1.Cl. The van der Waals surface area contributed by atoms with E-state index in [2.05, 4.69) is 48.3 Å². The average molecular weight is 499 g/mol. The first-order chi connectivity index (χ1) is 16.0. The van der Waals surface area contributed by atoms with Gasteiger partial charge < -0.3 is 10.2 Å². The number of hydrogen-bond acceptors (Lipinski definition) is 5. The lowest BCUT2D eigenvalue weighted by Crippen LogP contribution is -2.53. The molecule has 3 heterocycles. The summed E-state index contributed by atoms with van der Waals surface area (Å²) in [6.07, 6.45) is 3.85. The molecule has 0 radical (unpaired) electrons. The number of aryl methyl sites for hydroxylation is 1. The highest BCUT2D eigenvalue weighted by Crippen LogP contribution is 2.33. The van der Waals surface area contributed by atoms with Crippen molar-refractivity contribution >= 4 is 35.3 Å². The highest BCUT2D eigenvalue weighted by molar-refractivity contribution is 7.12. The highest BCUT2D eigenvalue weighted by Gasteiger charge is 2.29. The van der Waals surface area contributed by atoms with Gasteiger partial charge in [0.25, 0.3) is 0 Å². The van der Waals surface area contributed by atoms with Crippen LogP contribution in [0, 0.1) is 11.7 Å². The maximum atomic E-state index is 13.2. The summed E-state index contributed by atoms with van der Waals surface area (Å²) < 4.78 is 13.2. The van der Waals surface area contributed by atoms with Crippen molar-refractivity contribution in [2.45, 2.75) is 45.6 Å². The summed E-state index contributed by atoms with van der Waals surface area (Å²) in [6, 6.07) is 15.7. The number of rotatable bonds is 5. The lowest BCUT2D eigenvalue weighted by atomic mass is 10.0. The molecule has 34 heavy (non-hydrogen) atoms. The minimum Gasteiger partial charge on any atom is -0.352 e. The van der Waals surface area contributed by atoms with Crippen LogP contribution in [0.4, 0.5) is 10.1 Å². The summed E-state index contributed by atoms with van der Waals surface area (Å²) in [4.78, 5) is 14.0. The number of hydrogen-bond donors (Lipinski definition) is 1. The Morgan fingerprint density at radius 1 is 1.15 bits per heavy atom. The molecule has 1 N–H and O–H groups in total. The smallest absolute Gasteiger partial charge is 0.156 e. The number of halogens is 2. The predicted molar refractivity (Wildman–Crippen MR) is 141 cm³/mol. The third-order valence-corrected chi connectivity index (χ3v) is 7.43. The number of fused-ring (bicyclic) bond motifs is 2. The van der Waals surface area contributed by atoms with Crippen LogP contribution >= 0.6 is 23.7 Å². The van der Waals surface area contributed by atoms with Crippen LogP contribution in [0.25, 0.3) is 0 Å². The topological polar surface area (TPSA) is 40.5 Å². The molecule has 1 fully saturated rings. The molecule has 1 aromatic heterocycles. The van der Waals surface area contributed by atoms with Crippen LogP contribution < -0.4 is 5.32 Å². The fourth-order valence-electron chi connectivity index (χ4n) is 4.66. The average Bonchev–Trinajstić information content (AvgIpc) is 3.12. The maximum Gasteiger partial charge on any atom is 0.156 e. The largest absolute Gasteiger partial charge is 0.352 e. The first-order valence-corrected chi connectivity index (χ1v) is 12.7. The molecular formula is C27H32ClFN4S. The summed E-state index contributed by atoms with van der Waals surface area (Å²) in [6.45, 7) is 7.24. The number of amidine groups is 1. The number of aromatic nitrogens is 1. The van der Waals surface area contributed by atoms with Gasteiger partial charge in [-0.2, -0.15) is 0 Å². The molecule has 0 bridgehead atoms. The number of benzene rings is 2. The van der Waals surface area contributed by atoms with Crippen molar-refractivity contribution in [2.75, 3.05) is 19.6 Å². The van der Waals surface area contributed by atoms with Gasteiger partial charge in [0.2, 0.25) is 0 Å². The third-order valence-electron chi connectivity index (χ3n) is 6.36. The minimum atomic E-state index is -0.178. The van der Waals surface area contributed by atoms with Crippen molar-refractivity contribution in [3.05, 3.63) is 81.1 Å². The second-order valence-corrected chi connectivity index (χ2v) is 10.6. The zero-order chi connectivity index (χ0) is 22.8. The number of piperazine rings is 1. The van der Waals surface area contributed by atoms with Crippen molar-refractivity contribution < 1.29 is 4.39 Å². The fraction of sp³-hybridized carbons (Fsp3) is 0.407. The van der Waals surface area contributed by atoms with Crippen molar-refractivity contribution in [3.63, 3.8) is 0 Å². The molecule has 0 amide bonds. The first-order valence-electron chi connectivity index (χ1n) is 11.9. The van der Waals surface area contributed by atoms with E-state index in [1.807, 2.05) is 23.5 Å². The van der Waals surface area contributed by atoms with Crippen LogP contribution in [0.3, 0.4) is 0 Å². The van der Waals surface area contributed by atoms with Crippen molar-refractivity contribution in [3.8, 4) is 0 Å². The van der Waals surface area contributed by atoms with Gasteiger partial charge in [-0.15, -0.1) is 23.7 Å². The van der Waals surface area contributed by atoms with Gasteiger partial charge in [0.1, 0.15) is 11.5 Å². The van der Waals surface area contributed by atoms with Gasteiger partial charge >= 0.3 is 0 Å². The quantitative estimate of drug-likeness (QED) is 0.484. The second-order valence-electron chi connectivity index (χ2n) is 9.48. The molecule has 0 aliphatic carbocycles. The van der Waals surface area contributed by atoms with Crippen LogP contribution in [0.15, 0.2) is 53.5 Å². The molecule has 3 aromatic rings. The molecule has 4 nitrogen and oxygen atoms in total. The van der Waals surface area contributed by atoms with E-state index in [1.165, 1.54) is 21.0 Å². The Balaban J connectivity index is 0.00000274. The Hall–Kier alpha value is -2.28. The Morgan fingerprint density at radius 2 is 1.94 bits per heavy atom. The lowest BCUT2D eigenvalue weighted by molar-refractivity contribution is 0.282.